The monoisotopic (exact) mass is 266 g/mol. The van der Waals surface area contributed by atoms with Gasteiger partial charge in [-0.2, -0.15) is 13.1 Å². The minimum absolute atomic E-state index is 0.225. The Balaban J connectivity index is 2.28. The van der Waals surface area contributed by atoms with Crippen molar-refractivity contribution in [2.45, 2.75) is 44.6 Å². The topological polar surface area (TPSA) is 63.6 Å². The molecule has 0 heterocycles. The van der Waals surface area contributed by atoms with Crippen LogP contribution in [-0.2, 0) is 15.0 Å². The normalized spacial score (nSPS) is 19.5. The SMILES string of the molecule is C[N+](C)(OCCCS(=O)(=O)O)C1CCCCC1. The molecule has 0 spiro atoms. The second-order valence-electron chi connectivity index (χ2n) is 5.20. The molecule has 1 rings (SSSR count). The lowest BCUT2D eigenvalue weighted by Gasteiger charge is -2.37. The first kappa shape index (κ1) is 14.9. The minimum atomic E-state index is -3.85. The minimum Gasteiger partial charge on any atom is -0.286 e. The van der Waals surface area contributed by atoms with Gasteiger partial charge in [-0.25, -0.2) is 4.84 Å². The predicted octanol–water partition coefficient (Wildman–Crippen LogP) is 1.61. The van der Waals surface area contributed by atoms with Crippen molar-refractivity contribution >= 4 is 10.1 Å². The second-order valence-corrected chi connectivity index (χ2v) is 6.77. The van der Waals surface area contributed by atoms with E-state index >= 15 is 0 Å². The van der Waals surface area contributed by atoms with Gasteiger partial charge in [-0.1, -0.05) is 6.42 Å². The number of hydrogen-bond acceptors (Lipinski definition) is 3. The number of hydroxylamine groups is 3. The molecule has 6 heteroatoms. The summed E-state index contributed by atoms with van der Waals surface area (Å²) in [4.78, 5) is 5.73. The summed E-state index contributed by atoms with van der Waals surface area (Å²) >= 11 is 0. The maximum Gasteiger partial charge on any atom is 0.264 e. The molecule has 0 radical (unpaired) electrons. The van der Waals surface area contributed by atoms with Crippen LogP contribution < -0.4 is 0 Å². The Kier molecular flexibility index (Phi) is 5.37. The van der Waals surface area contributed by atoms with E-state index in [1.54, 1.807) is 0 Å². The van der Waals surface area contributed by atoms with Gasteiger partial charge in [0.15, 0.2) is 0 Å². The van der Waals surface area contributed by atoms with Gasteiger partial charge in [-0.3, -0.25) is 4.55 Å². The Morgan fingerprint density at radius 1 is 1.24 bits per heavy atom. The van der Waals surface area contributed by atoms with Crippen LogP contribution in [0.2, 0.25) is 0 Å². The number of rotatable bonds is 6. The van der Waals surface area contributed by atoms with Crippen LogP contribution in [-0.4, -0.2) is 50.1 Å². The van der Waals surface area contributed by atoms with Crippen LogP contribution in [0.1, 0.15) is 38.5 Å². The van der Waals surface area contributed by atoms with Crippen LogP contribution in [0.3, 0.4) is 0 Å². The molecule has 0 aromatic rings. The van der Waals surface area contributed by atoms with Crippen molar-refractivity contribution in [3.05, 3.63) is 0 Å². The zero-order chi connectivity index (χ0) is 12.9. The molecule has 102 valence electrons. The smallest absolute Gasteiger partial charge is 0.264 e. The highest BCUT2D eigenvalue weighted by atomic mass is 32.2. The van der Waals surface area contributed by atoms with Gasteiger partial charge in [-0.15, -0.1) is 0 Å². The Morgan fingerprint density at radius 3 is 2.35 bits per heavy atom. The first-order chi connectivity index (χ1) is 7.81. The molecule has 0 aromatic carbocycles. The molecule has 0 atom stereocenters. The molecule has 0 aromatic heterocycles. The lowest BCUT2D eigenvalue weighted by atomic mass is 9.94. The average Bonchev–Trinajstić information content (AvgIpc) is 2.25. The first-order valence-corrected chi connectivity index (χ1v) is 7.85. The van der Waals surface area contributed by atoms with Gasteiger partial charge in [0.2, 0.25) is 0 Å². The fraction of sp³-hybridized carbons (Fsp3) is 1.00. The van der Waals surface area contributed by atoms with Crippen molar-refractivity contribution < 1.29 is 22.5 Å². The van der Waals surface area contributed by atoms with Gasteiger partial charge in [0.25, 0.3) is 10.1 Å². The van der Waals surface area contributed by atoms with Crippen molar-refractivity contribution in [2.75, 3.05) is 26.5 Å². The van der Waals surface area contributed by atoms with E-state index in [1.807, 2.05) is 14.1 Å². The largest absolute Gasteiger partial charge is 0.286 e. The molecule has 0 unspecified atom stereocenters. The molecule has 1 aliphatic carbocycles. The molecule has 1 N–H and O–H groups in total. The second kappa shape index (κ2) is 6.13. The van der Waals surface area contributed by atoms with Crippen LogP contribution in [0.5, 0.6) is 0 Å². The van der Waals surface area contributed by atoms with E-state index in [4.69, 9.17) is 9.39 Å². The highest BCUT2D eigenvalue weighted by Gasteiger charge is 2.31. The number of quaternary nitrogens is 1. The standard InChI is InChI=1S/C11H23NO4S/c1-12(2,11-7-4-3-5-8-11)16-9-6-10-17(13,14)15/h11H,3-10H2,1-2H3/p+1. The zero-order valence-corrected chi connectivity index (χ0v) is 11.6. The molecule has 0 saturated heterocycles. The highest BCUT2D eigenvalue weighted by molar-refractivity contribution is 7.85. The van der Waals surface area contributed by atoms with E-state index in [0.717, 1.165) is 0 Å². The predicted molar refractivity (Wildman–Crippen MR) is 66.0 cm³/mol. The maximum atomic E-state index is 10.6. The molecule has 5 nitrogen and oxygen atoms in total. The van der Waals surface area contributed by atoms with Crippen molar-refractivity contribution in [3.63, 3.8) is 0 Å². The summed E-state index contributed by atoms with van der Waals surface area (Å²) in [7, 11) is 0.181. The summed E-state index contributed by atoms with van der Waals surface area (Å²) in [6.07, 6.45) is 6.49. The molecule has 1 aliphatic rings. The van der Waals surface area contributed by atoms with Gasteiger partial charge in [0.1, 0.15) is 12.6 Å². The molecule has 1 saturated carbocycles. The molecule has 0 aliphatic heterocycles. The van der Waals surface area contributed by atoms with E-state index in [9.17, 15) is 8.42 Å². The highest BCUT2D eigenvalue weighted by Crippen LogP contribution is 2.25. The number of hydrogen-bond donors (Lipinski definition) is 1. The van der Waals surface area contributed by atoms with Crippen molar-refractivity contribution in [3.8, 4) is 0 Å². The summed E-state index contributed by atoms with van der Waals surface area (Å²) in [5.74, 6) is -0.225. The third kappa shape index (κ3) is 5.81. The fourth-order valence-corrected chi connectivity index (χ4v) is 2.83. The van der Waals surface area contributed by atoms with Crippen molar-refractivity contribution in [1.82, 2.24) is 0 Å². The van der Waals surface area contributed by atoms with E-state index < -0.39 is 10.1 Å². The van der Waals surface area contributed by atoms with Crippen LogP contribution in [0.4, 0.5) is 0 Å². The Hall–Kier alpha value is -0.170. The lowest BCUT2D eigenvalue weighted by molar-refractivity contribution is -1.10. The van der Waals surface area contributed by atoms with Gasteiger partial charge < -0.3 is 0 Å². The lowest BCUT2D eigenvalue weighted by Crippen LogP contribution is -2.49. The number of nitrogens with zero attached hydrogens (tertiary/aromatic N) is 1. The van der Waals surface area contributed by atoms with Crippen LogP contribution in [0.25, 0.3) is 0 Å². The summed E-state index contributed by atoms with van der Waals surface area (Å²) in [5.41, 5.74) is 0. The van der Waals surface area contributed by atoms with E-state index in [0.29, 0.717) is 23.7 Å². The summed E-state index contributed by atoms with van der Waals surface area (Å²) in [6.45, 7) is 0.364. The van der Waals surface area contributed by atoms with Gasteiger partial charge in [0, 0.05) is 12.8 Å². The van der Waals surface area contributed by atoms with Gasteiger partial charge in [0.05, 0.1) is 19.8 Å². The summed E-state index contributed by atoms with van der Waals surface area (Å²) < 4.78 is 30.2. The average molecular weight is 266 g/mol. The molecule has 17 heavy (non-hydrogen) atoms. The van der Waals surface area contributed by atoms with Crippen LogP contribution in [0.15, 0.2) is 0 Å². The zero-order valence-electron chi connectivity index (χ0n) is 10.8. The first-order valence-electron chi connectivity index (χ1n) is 6.24. The van der Waals surface area contributed by atoms with Crippen molar-refractivity contribution in [1.29, 1.82) is 0 Å². The quantitative estimate of drug-likeness (QED) is 0.343. The third-order valence-corrected chi connectivity index (χ3v) is 4.23. The van der Waals surface area contributed by atoms with Crippen LogP contribution >= 0.6 is 0 Å². The van der Waals surface area contributed by atoms with Crippen molar-refractivity contribution in [2.24, 2.45) is 0 Å². The Labute approximate surface area is 104 Å². The van der Waals surface area contributed by atoms with Gasteiger partial charge >= 0.3 is 0 Å². The van der Waals surface area contributed by atoms with E-state index in [-0.39, 0.29) is 5.75 Å². The molecular formula is C11H24NO4S+. The molecule has 0 amide bonds. The summed E-state index contributed by atoms with van der Waals surface area (Å²) in [6, 6.07) is 0.509. The summed E-state index contributed by atoms with van der Waals surface area (Å²) in [5, 5.41) is 0. The molecule has 0 bridgehead atoms. The fourth-order valence-electron chi connectivity index (χ4n) is 2.35. The molecular weight excluding hydrogens is 242 g/mol. The maximum absolute atomic E-state index is 10.6. The Bertz CT molecular complexity index is 320. The van der Waals surface area contributed by atoms with Gasteiger partial charge in [-0.05, 0) is 19.3 Å². The third-order valence-electron chi connectivity index (χ3n) is 3.42. The van der Waals surface area contributed by atoms with E-state index in [1.165, 1.54) is 32.1 Å². The van der Waals surface area contributed by atoms with E-state index in [2.05, 4.69) is 0 Å². The van der Waals surface area contributed by atoms with Crippen LogP contribution in [0, 0.1) is 0 Å². The molecule has 1 fully saturated rings. The Morgan fingerprint density at radius 2 is 1.82 bits per heavy atom.